The van der Waals surface area contributed by atoms with Gasteiger partial charge in [-0.05, 0) is 63.8 Å². The molecule has 1 aromatic heterocycles. The van der Waals surface area contributed by atoms with Crippen molar-refractivity contribution in [1.29, 1.82) is 0 Å². The number of carbonyl (C=O) groups excluding carboxylic acids is 3. The molecular weight excluding hydrogens is 494 g/mol. The van der Waals surface area contributed by atoms with Crippen molar-refractivity contribution >= 4 is 17.7 Å². The molecule has 0 radical (unpaired) electrons. The van der Waals surface area contributed by atoms with Crippen molar-refractivity contribution in [2.45, 2.75) is 77.9 Å². The van der Waals surface area contributed by atoms with Gasteiger partial charge in [-0.25, -0.2) is 4.98 Å². The van der Waals surface area contributed by atoms with Gasteiger partial charge in [-0.15, -0.1) is 0 Å². The number of hydrogen-bond donors (Lipinski definition) is 2. The topological polar surface area (TPSA) is 106 Å². The molecule has 1 atom stereocenters. The number of rotatable bonds is 9. The van der Waals surface area contributed by atoms with Crippen LogP contribution in [0.3, 0.4) is 0 Å². The van der Waals surface area contributed by atoms with Gasteiger partial charge in [-0.3, -0.25) is 14.4 Å². The van der Waals surface area contributed by atoms with Crippen molar-refractivity contribution < 1.29 is 19.1 Å². The van der Waals surface area contributed by atoms with Crippen molar-refractivity contribution in [3.8, 4) is 5.75 Å². The van der Waals surface area contributed by atoms with Gasteiger partial charge in [0.1, 0.15) is 17.0 Å². The van der Waals surface area contributed by atoms with Gasteiger partial charge in [0.25, 0.3) is 11.8 Å². The van der Waals surface area contributed by atoms with E-state index in [9.17, 15) is 14.4 Å². The smallest absolute Gasteiger partial charge is 0.274 e. The Morgan fingerprint density at radius 1 is 1.08 bits per heavy atom. The van der Waals surface area contributed by atoms with Gasteiger partial charge in [0.2, 0.25) is 5.91 Å². The highest BCUT2D eigenvalue weighted by Gasteiger charge is 2.53. The number of benzene rings is 2. The van der Waals surface area contributed by atoms with Gasteiger partial charge >= 0.3 is 0 Å². The highest BCUT2D eigenvalue weighted by atomic mass is 16.5. The summed E-state index contributed by atoms with van der Waals surface area (Å²) in [6.07, 6.45) is 3.23. The number of nitrogens with zero attached hydrogens (tertiary/aromatic N) is 3. The van der Waals surface area contributed by atoms with E-state index in [1.165, 1.54) is 6.33 Å². The summed E-state index contributed by atoms with van der Waals surface area (Å²) in [5, 5.41) is 5.90. The number of aryl methyl sites for hydroxylation is 1. The van der Waals surface area contributed by atoms with E-state index in [1.54, 1.807) is 16.4 Å². The molecule has 39 heavy (non-hydrogen) atoms. The number of fused-ring (bicyclic) bond motifs is 1. The molecule has 5 rings (SSSR count). The van der Waals surface area contributed by atoms with Crippen molar-refractivity contribution in [1.82, 2.24) is 25.1 Å². The molecule has 2 N–H and O–H groups in total. The number of carbonyl (C=O) groups is 3. The average Bonchev–Trinajstić information content (AvgIpc) is 3.64. The standard InChI is InChI=1S/C30H35N5O4/c1-19(2)39-24-12-8-21(9-13-24)15-31-27(36)25-26-28(37)35(23-10-11-23)30(4,17-34(26)18-33-25)29(38)32-16-22-7-5-6-20(3)14-22/h5-9,12-14,18-19,23H,10-11,15-17H2,1-4H3,(H,31,36)(H,32,38)/t30-/m1/s1. The second-order valence-corrected chi connectivity index (χ2v) is 10.9. The lowest BCUT2D eigenvalue weighted by atomic mass is 9.93. The van der Waals surface area contributed by atoms with E-state index < -0.39 is 11.4 Å². The Morgan fingerprint density at radius 3 is 2.46 bits per heavy atom. The van der Waals surface area contributed by atoms with E-state index in [0.29, 0.717) is 6.54 Å². The first kappa shape index (κ1) is 26.5. The van der Waals surface area contributed by atoms with Crippen LogP contribution in [-0.2, 0) is 24.4 Å². The first-order chi connectivity index (χ1) is 18.7. The fourth-order valence-corrected chi connectivity index (χ4v) is 5.14. The fourth-order valence-electron chi connectivity index (χ4n) is 5.14. The molecule has 2 aromatic carbocycles. The molecule has 0 spiro atoms. The van der Waals surface area contributed by atoms with E-state index in [1.807, 2.05) is 69.3 Å². The maximum atomic E-state index is 13.8. The molecule has 2 heterocycles. The maximum absolute atomic E-state index is 13.8. The zero-order valence-electron chi connectivity index (χ0n) is 22.9. The third-order valence-corrected chi connectivity index (χ3v) is 7.17. The molecule has 2 aliphatic rings. The van der Waals surface area contributed by atoms with Gasteiger partial charge in [-0.2, -0.15) is 0 Å². The third kappa shape index (κ3) is 5.53. The summed E-state index contributed by atoms with van der Waals surface area (Å²) in [5.74, 6) is -0.225. The summed E-state index contributed by atoms with van der Waals surface area (Å²) in [5.41, 5.74) is 2.22. The Morgan fingerprint density at radius 2 is 1.79 bits per heavy atom. The average molecular weight is 530 g/mol. The second-order valence-electron chi connectivity index (χ2n) is 10.9. The number of aromatic nitrogens is 2. The Labute approximate surface area is 228 Å². The van der Waals surface area contributed by atoms with Crippen LogP contribution in [0.1, 0.15) is 71.3 Å². The Balaban J connectivity index is 1.31. The molecular formula is C30H35N5O4. The Kier molecular flexibility index (Phi) is 7.16. The highest BCUT2D eigenvalue weighted by Crippen LogP contribution is 2.38. The molecule has 3 amide bonds. The third-order valence-electron chi connectivity index (χ3n) is 7.17. The van der Waals surface area contributed by atoms with Crippen LogP contribution in [0.25, 0.3) is 0 Å². The van der Waals surface area contributed by atoms with Crippen molar-refractivity contribution in [2.75, 3.05) is 0 Å². The summed E-state index contributed by atoms with van der Waals surface area (Å²) in [6.45, 7) is 8.61. The predicted molar refractivity (Wildman–Crippen MR) is 146 cm³/mol. The highest BCUT2D eigenvalue weighted by molar-refractivity contribution is 6.07. The monoisotopic (exact) mass is 529 g/mol. The summed E-state index contributed by atoms with van der Waals surface area (Å²) in [7, 11) is 0. The normalized spacial score (nSPS) is 18.6. The molecule has 9 heteroatoms. The maximum Gasteiger partial charge on any atom is 0.274 e. The minimum absolute atomic E-state index is 0.0293. The number of nitrogens with one attached hydrogen (secondary N) is 2. The molecule has 1 aliphatic heterocycles. The molecule has 1 saturated carbocycles. The molecule has 0 unspecified atom stereocenters. The van der Waals surface area contributed by atoms with E-state index in [0.717, 1.165) is 35.3 Å². The molecule has 1 aliphatic carbocycles. The van der Waals surface area contributed by atoms with Crippen LogP contribution >= 0.6 is 0 Å². The zero-order chi connectivity index (χ0) is 27.7. The lowest BCUT2D eigenvalue weighted by molar-refractivity contribution is -0.133. The molecule has 3 aromatic rings. The minimum Gasteiger partial charge on any atom is -0.491 e. The minimum atomic E-state index is -1.09. The van der Waals surface area contributed by atoms with Crippen molar-refractivity contribution in [3.63, 3.8) is 0 Å². The van der Waals surface area contributed by atoms with Crippen LogP contribution in [0.2, 0.25) is 0 Å². The largest absolute Gasteiger partial charge is 0.491 e. The lowest BCUT2D eigenvalue weighted by Crippen LogP contribution is -2.64. The van der Waals surface area contributed by atoms with Crippen molar-refractivity contribution in [3.05, 3.63) is 82.9 Å². The van der Waals surface area contributed by atoms with Gasteiger partial charge < -0.3 is 24.8 Å². The van der Waals surface area contributed by atoms with E-state index >= 15 is 0 Å². The van der Waals surface area contributed by atoms with Crippen LogP contribution in [0.15, 0.2) is 54.9 Å². The summed E-state index contributed by atoms with van der Waals surface area (Å²) < 4.78 is 7.31. The first-order valence-electron chi connectivity index (χ1n) is 13.4. The van der Waals surface area contributed by atoms with Gasteiger partial charge in [0, 0.05) is 19.1 Å². The van der Waals surface area contributed by atoms with Gasteiger partial charge in [-0.1, -0.05) is 42.0 Å². The van der Waals surface area contributed by atoms with Crippen LogP contribution in [-0.4, -0.2) is 49.9 Å². The summed E-state index contributed by atoms with van der Waals surface area (Å²) in [6, 6.07) is 15.4. The van der Waals surface area contributed by atoms with E-state index in [-0.39, 0.29) is 48.4 Å². The predicted octanol–water partition coefficient (Wildman–Crippen LogP) is 3.60. The van der Waals surface area contributed by atoms with Gasteiger partial charge in [0.05, 0.1) is 19.0 Å². The number of amides is 3. The van der Waals surface area contributed by atoms with E-state index in [2.05, 4.69) is 15.6 Å². The second kappa shape index (κ2) is 10.6. The zero-order valence-corrected chi connectivity index (χ0v) is 22.9. The quantitative estimate of drug-likeness (QED) is 0.441. The molecule has 0 bridgehead atoms. The summed E-state index contributed by atoms with van der Waals surface area (Å²) >= 11 is 0. The summed E-state index contributed by atoms with van der Waals surface area (Å²) in [4.78, 5) is 46.4. The lowest BCUT2D eigenvalue weighted by Gasteiger charge is -2.44. The first-order valence-corrected chi connectivity index (χ1v) is 13.4. The van der Waals surface area contributed by atoms with Crippen molar-refractivity contribution in [2.24, 2.45) is 0 Å². The van der Waals surface area contributed by atoms with E-state index in [4.69, 9.17) is 4.74 Å². The van der Waals surface area contributed by atoms with Crippen LogP contribution in [0, 0.1) is 6.92 Å². The van der Waals surface area contributed by atoms with Crippen LogP contribution in [0.4, 0.5) is 0 Å². The van der Waals surface area contributed by atoms with Crippen LogP contribution in [0.5, 0.6) is 5.75 Å². The molecule has 0 saturated heterocycles. The Hall–Kier alpha value is -4.14. The number of hydrogen-bond acceptors (Lipinski definition) is 5. The SMILES string of the molecule is Cc1cccc(CNC(=O)[C@@]2(C)Cn3cnc(C(=O)NCc4ccc(OC(C)C)cc4)c3C(=O)N2C2CC2)c1. The van der Waals surface area contributed by atoms with Crippen LogP contribution < -0.4 is 15.4 Å². The Bertz CT molecular complexity index is 1390. The number of ether oxygens (including phenoxy) is 1. The van der Waals surface area contributed by atoms with Gasteiger partial charge in [0.15, 0.2) is 5.69 Å². The molecule has 204 valence electrons. The molecule has 9 nitrogen and oxygen atoms in total. The molecule has 1 fully saturated rings. The number of imidazole rings is 1. The fraction of sp³-hybridized carbons (Fsp3) is 0.400.